The zero-order valence-electron chi connectivity index (χ0n) is 20.3. The lowest BCUT2D eigenvalue weighted by molar-refractivity contribution is -0.142. The minimum absolute atomic E-state index is 0.183. The van der Waals surface area contributed by atoms with E-state index in [0.717, 1.165) is 56.6 Å². The number of carbonyl (C=O) groups is 2. The van der Waals surface area contributed by atoms with Crippen LogP contribution in [0.1, 0.15) is 86.4 Å². The van der Waals surface area contributed by atoms with E-state index in [0.29, 0.717) is 25.8 Å². The summed E-state index contributed by atoms with van der Waals surface area (Å²) < 4.78 is 2.03. The Morgan fingerprint density at radius 1 is 1.12 bits per heavy atom. The Morgan fingerprint density at radius 2 is 1.91 bits per heavy atom. The summed E-state index contributed by atoms with van der Waals surface area (Å²) in [7, 11) is 0. The maximum absolute atomic E-state index is 12.7. The number of fused-ring (bicyclic) bond motifs is 2. The van der Waals surface area contributed by atoms with Crippen molar-refractivity contribution in [1.82, 2.24) is 25.1 Å². The van der Waals surface area contributed by atoms with Crippen molar-refractivity contribution in [3.63, 3.8) is 0 Å². The first-order valence-electron chi connectivity index (χ1n) is 12.9. The molecule has 2 aromatic rings. The van der Waals surface area contributed by atoms with Crippen LogP contribution in [0.25, 0.3) is 0 Å². The highest BCUT2D eigenvalue weighted by Crippen LogP contribution is 2.22. The molecule has 0 bridgehead atoms. The highest BCUT2D eigenvalue weighted by molar-refractivity contribution is 5.85. The molecule has 2 atom stereocenters. The van der Waals surface area contributed by atoms with Crippen molar-refractivity contribution in [3.8, 4) is 0 Å². The number of carboxylic acid groups (broad SMARTS) is 1. The molecular weight excluding hydrogens is 430 g/mol. The highest BCUT2D eigenvalue weighted by Gasteiger charge is 2.29. The summed E-state index contributed by atoms with van der Waals surface area (Å²) >= 11 is 0. The fourth-order valence-electron chi connectivity index (χ4n) is 5.20. The van der Waals surface area contributed by atoms with Crippen LogP contribution < -0.4 is 5.32 Å². The molecule has 0 spiro atoms. The Balaban J connectivity index is 1.13. The van der Waals surface area contributed by atoms with E-state index < -0.39 is 12.0 Å². The molecule has 0 fully saturated rings. The Morgan fingerprint density at radius 3 is 2.76 bits per heavy atom. The molecule has 1 aliphatic carbocycles. The van der Waals surface area contributed by atoms with Gasteiger partial charge >= 0.3 is 5.97 Å². The maximum atomic E-state index is 12.7. The molecule has 0 aromatic carbocycles. The topological polar surface area (TPSA) is 110 Å². The van der Waals surface area contributed by atoms with Crippen LogP contribution in [0.15, 0.2) is 12.1 Å². The standard InChI is InChI=1S/C26H37N5O3/c1-18-29-30-24-17-20(15-16-31(18)24)25(32)28-23(26(33)34)12-6-4-2-3-5-10-21-14-13-19-9-7-8-11-22(19)27-21/h13-14,20,23H,2-12,15-17H2,1H3,(H,28,32)(H,33,34). The second-order valence-corrected chi connectivity index (χ2v) is 9.83. The van der Waals surface area contributed by atoms with Crippen LogP contribution in [0, 0.1) is 12.8 Å². The number of aryl methyl sites for hydroxylation is 4. The van der Waals surface area contributed by atoms with Crippen LogP contribution in [-0.2, 0) is 41.8 Å². The lowest BCUT2D eigenvalue weighted by atomic mass is 9.95. The lowest BCUT2D eigenvalue weighted by Gasteiger charge is -2.24. The van der Waals surface area contributed by atoms with Crippen LogP contribution in [-0.4, -0.2) is 42.8 Å². The van der Waals surface area contributed by atoms with Gasteiger partial charge in [-0.2, -0.15) is 0 Å². The van der Waals surface area contributed by atoms with Crippen molar-refractivity contribution < 1.29 is 14.7 Å². The zero-order chi connectivity index (χ0) is 23.9. The monoisotopic (exact) mass is 467 g/mol. The Hall–Kier alpha value is -2.77. The Labute approximate surface area is 201 Å². The van der Waals surface area contributed by atoms with Crippen molar-refractivity contribution in [3.05, 3.63) is 40.7 Å². The van der Waals surface area contributed by atoms with Gasteiger partial charge in [-0.3, -0.25) is 9.78 Å². The normalized spacial score (nSPS) is 18.1. The highest BCUT2D eigenvalue weighted by atomic mass is 16.4. The number of nitrogens with zero attached hydrogens (tertiary/aromatic N) is 4. The summed E-state index contributed by atoms with van der Waals surface area (Å²) in [6.07, 6.45) is 12.6. The Bertz CT molecular complexity index is 1000. The molecule has 1 amide bonds. The average molecular weight is 468 g/mol. The van der Waals surface area contributed by atoms with E-state index in [2.05, 4.69) is 27.6 Å². The molecule has 2 N–H and O–H groups in total. The van der Waals surface area contributed by atoms with Gasteiger partial charge in [0.05, 0.1) is 0 Å². The third-order valence-corrected chi connectivity index (χ3v) is 7.29. The van der Waals surface area contributed by atoms with E-state index in [4.69, 9.17) is 4.98 Å². The van der Waals surface area contributed by atoms with Gasteiger partial charge in [-0.1, -0.05) is 31.7 Å². The minimum atomic E-state index is -0.957. The summed E-state index contributed by atoms with van der Waals surface area (Å²) in [5.74, 6) is 0.284. The summed E-state index contributed by atoms with van der Waals surface area (Å²) in [6, 6.07) is 3.62. The second-order valence-electron chi connectivity index (χ2n) is 9.83. The molecule has 2 aliphatic rings. The average Bonchev–Trinajstić information content (AvgIpc) is 3.22. The van der Waals surface area contributed by atoms with Gasteiger partial charge in [0.2, 0.25) is 5.91 Å². The van der Waals surface area contributed by atoms with E-state index in [-0.39, 0.29) is 11.8 Å². The molecule has 1 aliphatic heterocycles. The van der Waals surface area contributed by atoms with Gasteiger partial charge in [0, 0.05) is 30.3 Å². The first-order chi connectivity index (χ1) is 16.5. The van der Waals surface area contributed by atoms with Gasteiger partial charge in [-0.05, 0) is 69.9 Å². The maximum Gasteiger partial charge on any atom is 0.326 e. The molecular formula is C26H37N5O3. The molecule has 34 heavy (non-hydrogen) atoms. The number of rotatable bonds is 11. The zero-order valence-corrected chi connectivity index (χ0v) is 20.3. The van der Waals surface area contributed by atoms with E-state index >= 15 is 0 Å². The van der Waals surface area contributed by atoms with E-state index in [9.17, 15) is 14.7 Å². The number of hydrogen-bond donors (Lipinski definition) is 2. The fourth-order valence-corrected chi connectivity index (χ4v) is 5.20. The summed E-state index contributed by atoms with van der Waals surface area (Å²) in [6.45, 7) is 2.60. The molecule has 0 saturated carbocycles. The summed E-state index contributed by atoms with van der Waals surface area (Å²) in [5.41, 5.74) is 3.93. The predicted molar refractivity (Wildman–Crippen MR) is 128 cm³/mol. The lowest BCUT2D eigenvalue weighted by Crippen LogP contribution is -2.45. The molecule has 8 nitrogen and oxygen atoms in total. The van der Waals surface area contributed by atoms with Crippen LogP contribution in [0.2, 0.25) is 0 Å². The summed E-state index contributed by atoms with van der Waals surface area (Å²) in [5, 5.41) is 20.6. The SMILES string of the molecule is Cc1nnc2n1CCC(C(=O)NC(CCCCCCCc1ccc3c(n1)CCCC3)C(=O)O)C2. The number of unbranched alkanes of at least 4 members (excludes halogenated alkanes) is 4. The van der Waals surface area contributed by atoms with Gasteiger partial charge in [0.15, 0.2) is 0 Å². The first-order valence-corrected chi connectivity index (χ1v) is 12.9. The molecule has 184 valence electrons. The van der Waals surface area contributed by atoms with Crippen LogP contribution in [0.3, 0.4) is 0 Å². The third-order valence-electron chi connectivity index (χ3n) is 7.29. The quantitative estimate of drug-likeness (QED) is 0.489. The largest absolute Gasteiger partial charge is 0.480 e. The molecule has 4 rings (SSSR count). The molecule has 8 heteroatoms. The van der Waals surface area contributed by atoms with Crippen molar-refractivity contribution in [2.45, 2.75) is 103 Å². The summed E-state index contributed by atoms with van der Waals surface area (Å²) in [4.78, 5) is 29.2. The number of carbonyl (C=O) groups excluding carboxylic acids is 1. The van der Waals surface area contributed by atoms with Crippen LogP contribution in [0.5, 0.6) is 0 Å². The second kappa shape index (κ2) is 11.6. The molecule has 2 aromatic heterocycles. The molecule has 2 unspecified atom stereocenters. The minimum Gasteiger partial charge on any atom is -0.480 e. The van der Waals surface area contributed by atoms with E-state index in [1.54, 1.807) is 0 Å². The number of pyridine rings is 1. The van der Waals surface area contributed by atoms with Crippen LogP contribution in [0.4, 0.5) is 0 Å². The van der Waals surface area contributed by atoms with Crippen molar-refractivity contribution >= 4 is 11.9 Å². The van der Waals surface area contributed by atoms with Crippen LogP contribution >= 0.6 is 0 Å². The fraction of sp³-hybridized carbons (Fsp3) is 0.654. The van der Waals surface area contributed by atoms with E-state index in [1.807, 2.05) is 11.5 Å². The smallest absolute Gasteiger partial charge is 0.326 e. The van der Waals surface area contributed by atoms with Gasteiger partial charge in [-0.25, -0.2) is 4.79 Å². The number of nitrogens with one attached hydrogen (secondary N) is 1. The number of amides is 1. The van der Waals surface area contributed by atoms with Gasteiger partial charge in [0.25, 0.3) is 0 Å². The van der Waals surface area contributed by atoms with Gasteiger partial charge in [-0.15, -0.1) is 10.2 Å². The number of aromatic nitrogens is 4. The van der Waals surface area contributed by atoms with Gasteiger partial charge in [0.1, 0.15) is 17.7 Å². The molecule has 3 heterocycles. The van der Waals surface area contributed by atoms with Crippen molar-refractivity contribution in [1.29, 1.82) is 0 Å². The predicted octanol–water partition coefficient (Wildman–Crippen LogP) is 3.58. The van der Waals surface area contributed by atoms with Crippen molar-refractivity contribution in [2.75, 3.05) is 0 Å². The Kier molecular flexibility index (Phi) is 8.29. The van der Waals surface area contributed by atoms with Crippen molar-refractivity contribution in [2.24, 2.45) is 5.92 Å². The van der Waals surface area contributed by atoms with Gasteiger partial charge < -0.3 is 15.0 Å². The molecule has 0 radical (unpaired) electrons. The third kappa shape index (κ3) is 6.21. The number of aliphatic carboxylic acids is 1. The first kappa shape index (κ1) is 24.4. The number of carboxylic acids is 1. The number of hydrogen-bond acceptors (Lipinski definition) is 5. The van der Waals surface area contributed by atoms with E-state index in [1.165, 1.54) is 36.2 Å². The molecule has 0 saturated heterocycles.